The van der Waals surface area contributed by atoms with Crippen LogP contribution in [-0.2, 0) is 6.18 Å². The molecule has 3 aromatic heterocycles. The van der Waals surface area contributed by atoms with Crippen molar-refractivity contribution in [3.63, 3.8) is 0 Å². The fourth-order valence-corrected chi connectivity index (χ4v) is 2.72. The third-order valence-electron chi connectivity index (χ3n) is 4.00. The molecule has 0 aliphatic carbocycles. The Bertz CT molecular complexity index is 1160. The predicted octanol–water partition coefficient (Wildman–Crippen LogP) is 4.06. The predicted molar refractivity (Wildman–Crippen MR) is 95.6 cm³/mol. The number of hydrogen-bond donors (Lipinski definition) is 1. The monoisotopic (exact) mass is 383 g/mol. The zero-order valence-corrected chi connectivity index (χ0v) is 14.2. The number of pyridine rings is 1. The summed E-state index contributed by atoms with van der Waals surface area (Å²) in [5.74, 6) is -0.336. The van der Waals surface area contributed by atoms with Crippen LogP contribution in [0.5, 0.6) is 0 Å². The minimum Gasteiger partial charge on any atom is -0.306 e. The smallest absolute Gasteiger partial charge is 0.306 e. The van der Waals surface area contributed by atoms with E-state index in [0.717, 1.165) is 12.1 Å². The van der Waals surface area contributed by atoms with Crippen LogP contribution >= 0.6 is 0 Å². The third kappa shape index (κ3) is 3.41. The van der Waals surface area contributed by atoms with Crippen molar-refractivity contribution in [3.05, 3.63) is 78.4 Å². The summed E-state index contributed by atoms with van der Waals surface area (Å²) < 4.78 is 40.5. The molecule has 4 aromatic rings. The number of carbonyl (C=O) groups excluding carboxylic acids is 1. The van der Waals surface area contributed by atoms with E-state index in [1.807, 2.05) is 0 Å². The van der Waals surface area contributed by atoms with Crippen molar-refractivity contribution >= 4 is 17.5 Å². The fourth-order valence-electron chi connectivity index (χ4n) is 2.72. The molecular formula is C19H12F3N5O. The Morgan fingerprint density at radius 1 is 1.04 bits per heavy atom. The van der Waals surface area contributed by atoms with E-state index in [2.05, 4.69) is 20.3 Å². The van der Waals surface area contributed by atoms with Crippen LogP contribution in [-0.4, -0.2) is 25.3 Å². The summed E-state index contributed by atoms with van der Waals surface area (Å²) in [5, 5.41) is 2.57. The molecule has 0 spiro atoms. The molecule has 4 rings (SSSR count). The summed E-state index contributed by atoms with van der Waals surface area (Å²) >= 11 is 0. The molecule has 1 N–H and O–H groups in total. The number of halogens is 3. The zero-order chi connectivity index (χ0) is 19.7. The maximum absolute atomic E-state index is 13.0. The average molecular weight is 383 g/mol. The second-order valence-corrected chi connectivity index (χ2v) is 5.88. The van der Waals surface area contributed by atoms with Crippen LogP contribution in [0.25, 0.3) is 16.9 Å². The van der Waals surface area contributed by atoms with Crippen LogP contribution in [0.1, 0.15) is 15.9 Å². The SMILES string of the molecule is O=C(Nc1ncccn1)c1cccn2cc(-c3cccc(C(F)(F)F)c3)nc12. The van der Waals surface area contributed by atoms with E-state index in [9.17, 15) is 18.0 Å². The van der Waals surface area contributed by atoms with Gasteiger partial charge in [0.05, 0.1) is 16.8 Å². The number of benzene rings is 1. The standard InChI is InChI=1S/C19H12F3N5O/c20-19(21,22)13-5-1-4-12(10-13)15-11-27-9-2-6-14(16(27)25-15)17(28)26-18-23-7-3-8-24-18/h1-11H,(H,23,24,26,28). The highest BCUT2D eigenvalue weighted by molar-refractivity contribution is 6.07. The van der Waals surface area contributed by atoms with Gasteiger partial charge in [0.15, 0.2) is 0 Å². The summed E-state index contributed by atoms with van der Waals surface area (Å²) in [7, 11) is 0. The molecule has 0 saturated heterocycles. The van der Waals surface area contributed by atoms with Gasteiger partial charge in [-0.1, -0.05) is 12.1 Å². The van der Waals surface area contributed by atoms with Crippen molar-refractivity contribution in [1.82, 2.24) is 19.4 Å². The van der Waals surface area contributed by atoms with Crippen molar-refractivity contribution < 1.29 is 18.0 Å². The summed E-state index contributed by atoms with van der Waals surface area (Å²) in [4.78, 5) is 24.8. The van der Waals surface area contributed by atoms with Gasteiger partial charge in [-0.2, -0.15) is 13.2 Å². The number of fused-ring (bicyclic) bond motifs is 1. The van der Waals surface area contributed by atoms with Crippen LogP contribution in [0, 0.1) is 0 Å². The maximum atomic E-state index is 13.0. The average Bonchev–Trinajstić information content (AvgIpc) is 3.12. The lowest BCUT2D eigenvalue weighted by molar-refractivity contribution is -0.137. The topological polar surface area (TPSA) is 72.2 Å². The number of anilines is 1. The van der Waals surface area contributed by atoms with Gasteiger partial charge in [-0.05, 0) is 30.3 Å². The molecule has 0 unspecified atom stereocenters. The first-order chi connectivity index (χ1) is 13.4. The number of amides is 1. The molecule has 0 saturated carbocycles. The number of hydrogen-bond acceptors (Lipinski definition) is 4. The first-order valence-electron chi connectivity index (χ1n) is 8.15. The van der Waals surface area contributed by atoms with Gasteiger partial charge >= 0.3 is 6.18 Å². The van der Waals surface area contributed by atoms with Gasteiger partial charge in [0, 0.05) is 30.4 Å². The molecule has 0 aliphatic heterocycles. The van der Waals surface area contributed by atoms with E-state index in [4.69, 9.17) is 0 Å². The number of alkyl halides is 3. The number of nitrogens with one attached hydrogen (secondary N) is 1. The van der Waals surface area contributed by atoms with E-state index >= 15 is 0 Å². The van der Waals surface area contributed by atoms with E-state index in [1.54, 1.807) is 35.0 Å². The third-order valence-corrected chi connectivity index (χ3v) is 4.00. The summed E-state index contributed by atoms with van der Waals surface area (Å²) in [5.41, 5.74) is 0.413. The van der Waals surface area contributed by atoms with Gasteiger partial charge in [-0.25, -0.2) is 15.0 Å². The Balaban J connectivity index is 1.73. The van der Waals surface area contributed by atoms with Crippen molar-refractivity contribution in [2.45, 2.75) is 6.18 Å². The molecule has 9 heteroatoms. The first kappa shape index (κ1) is 17.7. The lowest BCUT2D eigenvalue weighted by Crippen LogP contribution is -2.15. The second kappa shape index (κ2) is 6.76. The van der Waals surface area contributed by atoms with Gasteiger partial charge in [0.1, 0.15) is 5.65 Å². The van der Waals surface area contributed by atoms with E-state index in [1.165, 1.54) is 24.5 Å². The molecule has 6 nitrogen and oxygen atoms in total. The lowest BCUT2D eigenvalue weighted by atomic mass is 10.1. The minimum absolute atomic E-state index is 0.138. The molecule has 28 heavy (non-hydrogen) atoms. The Labute approximate surface area is 156 Å². The molecule has 0 radical (unpaired) electrons. The Morgan fingerprint density at radius 3 is 2.57 bits per heavy atom. The summed E-state index contributed by atoms with van der Waals surface area (Å²) in [6.45, 7) is 0. The maximum Gasteiger partial charge on any atom is 0.416 e. The van der Waals surface area contributed by atoms with Gasteiger partial charge in [-0.15, -0.1) is 0 Å². The highest BCUT2D eigenvalue weighted by Crippen LogP contribution is 2.32. The van der Waals surface area contributed by atoms with Gasteiger partial charge < -0.3 is 4.40 Å². The summed E-state index contributed by atoms with van der Waals surface area (Å²) in [6, 6.07) is 9.71. The van der Waals surface area contributed by atoms with Gasteiger partial charge in [0.25, 0.3) is 5.91 Å². The van der Waals surface area contributed by atoms with Gasteiger partial charge in [0.2, 0.25) is 5.95 Å². The van der Waals surface area contributed by atoms with Crippen molar-refractivity contribution in [2.75, 3.05) is 5.32 Å². The number of carbonyl (C=O) groups is 1. The van der Waals surface area contributed by atoms with Crippen LogP contribution in [0.15, 0.2) is 67.3 Å². The Hall–Kier alpha value is -3.75. The summed E-state index contributed by atoms with van der Waals surface area (Å²) in [6.07, 6.45) is 1.76. The molecular weight excluding hydrogens is 371 g/mol. The van der Waals surface area contributed by atoms with Crippen molar-refractivity contribution in [1.29, 1.82) is 0 Å². The van der Waals surface area contributed by atoms with Crippen molar-refractivity contribution in [3.8, 4) is 11.3 Å². The molecule has 0 aliphatic rings. The van der Waals surface area contributed by atoms with E-state index in [0.29, 0.717) is 16.9 Å². The molecule has 0 fully saturated rings. The lowest BCUT2D eigenvalue weighted by Gasteiger charge is -2.07. The largest absolute Gasteiger partial charge is 0.416 e. The number of imidazole rings is 1. The highest BCUT2D eigenvalue weighted by Gasteiger charge is 2.30. The van der Waals surface area contributed by atoms with Gasteiger partial charge in [-0.3, -0.25) is 10.1 Å². The van der Waals surface area contributed by atoms with Crippen LogP contribution < -0.4 is 5.32 Å². The number of rotatable bonds is 3. The molecule has 140 valence electrons. The number of aromatic nitrogens is 4. The van der Waals surface area contributed by atoms with E-state index in [-0.39, 0.29) is 11.5 Å². The van der Waals surface area contributed by atoms with Crippen LogP contribution in [0.4, 0.5) is 19.1 Å². The van der Waals surface area contributed by atoms with E-state index < -0.39 is 17.6 Å². The molecule has 1 amide bonds. The highest BCUT2D eigenvalue weighted by atomic mass is 19.4. The van der Waals surface area contributed by atoms with Crippen LogP contribution in [0.3, 0.4) is 0 Å². The quantitative estimate of drug-likeness (QED) is 0.579. The molecule has 1 aromatic carbocycles. The second-order valence-electron chi connectivity index (χ2n) is 5.88. The van der Waals surface area contributed by atoms with Crippen molar-refractivity contribution in [2.24, 2.45) is 0 Å². The molecule has 0 bridgehead atoms. The molecule has 3 heterocycles. The first-order valence-corrected chi connectivity index (χ1v) is 8.15. The normalized spacial score (nSPS) is 11.5. The number of nitrogens with zero attached hydrogens (tertiary/aromatic N) is 4. The fraction of sp³-hybridized carbons (Fsp3) is 0.0526. The Morgan fingerprint density at radius 2 is 1.82 bits per heavy atom. The molecule has 0 atom stereocenters. The minimum atomic E-state index is -4.45. The van der Waals surface area contributed by atoms with Crippen LogP contribution in [0.2, 0.25) is 0 Å². The zero-order valence-electron chi connectivity index (χ0n) is 14.2. The Kier molecular flexibility index (Phi) is 4.26.